The van der Waals surface area contributed by atoms with Crippen LogP contribution in [0.4, 0.5) is 14.9 Å². The van der Waals surface area contributed by atoms with Crippen LogP contribution in [0.25, 0.3) is 0 Å². The van der Waals surface area contributed by atoms with Crippen LogP contribution in [0.2, 0.25) is 5.02 Å². The highest BCUT2D eigenvalue weighted by Crippen LogP contribution is 2.30. The van der Waals surface area contributed by atoms with Gasteiger partial charge in [-0.15, -0.1) is 0 Å². The number of halogens is 2. The van der Waals surface area contributed by atoms with E-state index in [1.165, 1.54) is 19.9 Å². The lowest BCUT2D eigenvalue weighted by Crippen LogP contribution is -2.62. The number of barbiturate groups is 1. The summed E-state index contributed by atoms with van der Waals surface area (Å²) in [5.41, 5.74) is -1.27. The SMILES string of the molecule is CC1(C)C(=O)NC(=O)N(c2ccc(F)c(Cl)c2)C1=O. The Morgan fingerprint density at radius 2 is 1.89 bits per heavy atom. The fourth-order valence-corrected chi connectivity index (χ4v) is 1.81. The molecule has 7 heteroatoms. The zero-order valence-corrected chi connectivity index (χ0v) is 10.9. The summed E-state index contributed by atoms with van der Waals surface area (Å²) in [6, 6.07) is 2.56. The first-order valence-corrected chi connectivity index (χ1v) is 5.78. The van der Waals surface area contributed by atoms with Crippen molar-refractivity contribution >= 4 is 35.1 Å². The van der Waals surface area contributed by atoms with Crippen molar-refractivity contribution in [2.45, 2.75) is 13.8 Å². The second kappa shape index (κ2) is 4.31. The summed E-state index contributed by atoms with van der Waals surface area (Å²) in [4.78, 5) is 36.2. The number of nitrogens with zero attached hydrogens (tertiary/aromatic N) is 1. The Hall–Kier alpha value is -1.95. The molecule has 0 spiro atoms. The van der Waals surface area contributed by atoms with E-state index in [2.05, 4.69) is 5.32 Å². The molecule has 1 aliphatic heterocycles. The number of carbonyl (C=O) groups excluding carboxylic acids is 3. The molecule has 0 unspecified atom stereocenters. The van der Waals surface area contributed by atoms with Gasteiger partial charge in [0.25, 0.3) is 0 Å². The van der Waals surface area contributed by atoms with Gasteiger partial charge in [0.05, 0.1) is 10.7 Å². The van der Waals surface area contributed by atoms with Crippen LogP contribution in [0, 0.1) is 11.2 Å². The maximum absolute atomic E-state index is 13.1. The normalized spacial score (nSPS) is 18.5. The van der Waals surface area contributed by atoms with Gasteiger partial charge >= 0.3 is 6.03 Å². The van der Waals surface area contributed by atoms with Gasteiger partial charge in [-0.3, -0.25) is 14.9 Å². The molecule has 1 saturated heterocycles. The average molecular weight is 285 g/mol. The molecule has 1 aromatic rings. The molecule has 100 valence electrons. The minimum absolute atomic E-state index is 0.106. The lowest BCUT2D eigenvalue weighted by Gasteiger charge is -2.34. The van der Waals surface area contributed by atoms with Crippen molar-refractivity contribution in [3.8, 4) is 0 Å². The number of hydrogen-bond donors (Lipinski definition) is 1. The Bertz CT molecular complexity index is 601. The highest BCUT2D eigenvalue weighted by Gasteiger charge is 2.47. The number of imide groups is 2. The summed E-state index contributed by atoms with van der Waals surface area (Å²) >= 11 is 5.62. The quantitative estimate of drug-likeness (QED) is 0.803. The molecule has 19 heavy (non-hydrogen) atoms. The molecule has 1 fully saturated rings. The molecule has 0 atom stereocenters. The molecule has 1 aliphatic rings. The van der Waals surface area contributed by atoms with E-state index >= 15 is 0 Å². The molecule has 0 saturated carbocycles. The zero-order valence-electron chi connectivity index (χ0n) is 10.2. The standard InChI is InChI=1S/C12H10ClFN2O3/c1-12(2)9(17)15-11(19)16(10(12)18)6-3-4-8(14)7(13)5-6/h3-5H,1-2H3,(H,15,17,19). The van der Waals surface area contributed by atoms with Crippen molar-refractivity contribution in [2.75, 3.05) is 4.90 Å². The minimum atomic E-state index is -1.38. The Morgan fingerprint density at radius 3 is 2.47 bits per heavy atom. The maximum atomic E-state index is 13.1. The van der Waals surface area contributed by atoms with Crippen LogP contribution in [-0.4, -0.2) is 17.8 Å². The fourth-order valence-electron chi connectivity index (χ4n) is 1.64. The molecular formula is C12H10ClFN2O3. The lowest BCUT2D eigenvalue weighted by molar-refractivity contribution is -0.140. The molecule has 2 rings (SSSR count). The van der Waals surface area contributed by atoms with Crippen molar-refractivity contribution in [1.82, 2.24) is 5.32 Å². The monoisotopic (exact) mass is 284 g/mol. The van der Waals surface area contributed by atoms with Crippen LogP contribution in [0.3, 0.4) is 0 Å². The molecule has 1 aromatic carbocycles. The van der Waals surface area contributed by atoms with Crippen LogP contribution in [0.15, 0.2) is 18.2 Å². The number of benzene rings is 1. The Balaban J connectivity index is 2.48. The summed E-state index contributed by atoms with van der Waals surface area (Å²) in [5.74, 6) is -2.03. The average Bonchev–Trinajstić information content (AvgIpc) is 2.32. The van der Waals surface area contributed by atoms with Gasteiger partial charge in [0.2, 0.25) is 11.8 Å². The number of urea groups is 1. The van der Waals surface area contributed by atoms with E-state index in [1.54, 1.807) is 0 Å². The van der Waals surface area contributed by atoms with Crippen molar-refractivity contribution in [1.29, 1.82) is 0 Å². The highest BCUT2D eigenvalue weighted by atomic mass is 35.5. The second-order valence-corrected chi connectivity index (χ2v) is 5.03. The first kappa shape index (κ1) is 13.5. The van der Waals surface area contributed by atoms with E-state index in [9.17, 15) is 18.8 Å². The fraction of sp³-hybridized carbons (Fsp3) is 0.250. The second-order valence-electron chi connectivity index (χ2n) is 4.62. The zero-order chi connectivity index (χ0) is 14.4. The molecule has 1 heterocycles. The topological polar surface area (TPSA) is 66.5 Å². The molecular weight excluding hydrogens is 275 g/mol. The first-order valence-electron chi connectivity index (χ1n) is 5.40. The predicted octanol–water partition coefficient (Wildman–Crippen LogP) is 2.09. The van der Waals surface area contributed by atoms with Crippen LogP contribution in [0.1, 0.15) is 13.8 Å². The molecule has 4 amide bonds. The summed E-state index contributed by atoms with van der Waals surface area (Å²) in [5, 5.41) is 1.86. The van der Waals surface area contributed by atoms with Gasteiger partial charge in [0.1, 0.15) is 11.2 Å². The number of hydrogen-bond acceptors (Lipinski definition) is 3. The predicted molar refractivity (Wildman–Crippen MR) is 66.2 cm³/mol. The number of anilines is 1. The van der Waals surface area contributed by atoms with E-state index < -0.39 is 29.1 Å². The lowest BCUT2D eigenvalue weighted by atomic mass is 9.88. The van der Waals surface area contributed by atoms with E-state index in [0.29, 0.717) is 0 Å². The van der Waals surface area contributed by atoms with Gasteiger partial charge in [-0.05, 0) is 32.0 Å². The van der Waals surface area contributed by atoms with Gasteiger partial charge in [0.15, 0.2) is 0 Å². The number of carbonyl (C=O) groups is 3. The van der Waals surface area contributed by atoms with Gasteiger partial charge in [-0.25, -0.2) is 14.1 Å². The summed E-state index contributed by atoms with van der Waals surface area (Å²) in [6.07, 6.45) is 0. The van der Waals surface area contributed by atoms with Gasteiger partial charge in [0, 0.05) is 0 Å². The van der Waals surface area contributed by atoms with Crippen LogP contribution in [-0.2, 0) is 9.59 Å². The van der Waals surface area contributed by atoms with E-state index in [-0.39, 0.29) is 10.7 Å². The third-order valence-electron chi connectivity index (χ3n) is 2.89. The Morgan fingerprint density at radius 1 is 1.26 bits per heavy atom. The summed E-state index contributed by atoms with van der Waals surface area (Å²) in [6.45, 7) is 2.80. The molecule has 1 N–H and O–H groups in total. The maximum Gasteiger partial charge on any atom is 0.335 e. The Labute approximate surface area is 113 Å². The summed E-state index contributed by atoms with van der Waals surface area (Å²) < 4.78 is 13.1. The first-order chi connectivity index (χ1) is 8.75. The van der Waals surface area contributed by atoms with Crippen molar-refractivity contribution in [2.24, 2.45) is 5.41 Å². The van der Waals surface area contributed by atoms with E-state index in [4.69, 9.17) is 11.6 Å². The molecule has 0 aliphatic carbocycles. The van der Waals surface area contributed by atoms with Gasteiger partial charge < -0.3 is 0 Å². The van der Waals surface area contributed by atoms with E-state index in [1.807, 2.05) is 0 Å². The Kier molecular flexibility index (Phi) is 3.06. The highest BCUT2D eigenvalue weighted by molar-refractivity contribution is 6.32. The van der Waals surface area contributed by atoms with Crippen LogP contribution >= 0.6 is 11.6 Å². The smallest absolute Gasteiger partial charge is 0.276 e. The summed E-state index contributed by atoms with van der Waals surface area (Å²) in [7, 11) is 0. The number of rotatable bonds is 1. The van der Waals surface area contributed by atoms with E-state index in [0.717, 1.165) is 17.0 Å². The molecule has 5 nitrogen and oxygen atoms in total. The van der Waals surface area contributed by atoms with Gasteiger partial charge in [-0.2, -0.15) is 0 Å². The van der Waals surface area contributed by atoms with Gasteiger partial charge in [-0.1, -0.05) is 11.6 Å². The largest absolute Gasteiger partial charge is 0.335 e. The molecule has 0 radical (unpaired) electrons. The number of amides is 4. The third-order valence-corrected chi connectivity index (χ3v) is 3.18. The van der Waals surface area contributed by atoms with Crippen LogP contribution in [0.5, 0.6) is 0 Å². The number of nitrogens with one attached hydrogen (secondary N) is 1. The third kappa shape index (κ3) is 2.08. The van der Waals surface area contributed by atoms with Crippen LogP contribution < -0.4 is 10.2 Å². The minimum Gasteiger partial charge on any atom is -0.276 e. The molecule has 0 aromatic heterocycles. The molecule has 0 bridgehead atoms. The van der Waals surface area contributed by atoms with Crippen molar-refractivity contribution < 1.29 is 18.8 Å². The van der Waals surface area contributed by atoms with Crippen molar-refractivity contribution in [3.05, 3.63) is 29.0 Å². The van der Waals surface area contributed by atoms with Crippen molar-refractivity contribution in [3.63, 3.8) is 0 Å².